The number of thiol groups is 1. The molecule has 182 valence electrons. The van der Waals surface area contributed by atoms with Crippen molar-refractivity contribution in [1.29, 1.82) is 0 Å². The Morgan fingerprint density at radius 2 is 1.41 bits per heavy atom. The van der Waals surface area contributed by atoms with Crippen molar-refractivity contribution in [3.63, 3.8) is 0 Å². The molecule has 0 rings (SSSR count). The zero-order valence-electron chi connectivity index (χ0n) is 17.5. The Morgan fingerprint density at radius 1 is 0.875 bits per heavy atom. The molecule has 4 atom stereocenters. The maximum atomic E-state index is 12.6. The fourth-order valence-electron chi connectivity index (χ4n) is 2.38. The molecule has 10 N–H and O–H groups in total. The molecule has 0 aromatic rings. The first-order chi connectivity index (χ1) is 14.9. The molecule has 0 heterocycles. The Balaban J connectivity index is 5.23. The third-order valence-corrected chi connectivity index (χ3v) is 5.12. The van der Waals surface area contributed by atoms with Crippen LogP contribution in [0.2, 0.25) is 0 Å². The Kier molecular flexibility index (Phi) is 14.1. The molecule has 0 aliphatic heterocycles. The van der Waals surface area contributed by atoms with Crippen molar-refractivity contribution < 1.29 is 33.9 Å². The lowest BCUT2D eigenvalue weighted by Gasteiger charge is -2.24. The Labute approximate surface area is 194 Å². The van der Waals surface area contributed by atoms with E-state index in [1.54, 1.807) is 6.26 Å². The number of thioether (sulfide) groups is 1. The highest BCUT2D eigenvalue weighted by Crippen LogP contribution is 2.05. The van der Waals surface area contributed by atoms with Crippen molar-refractivity contribution in [2.45, 2.75) is 49.9 Å². The minimum atomic E-state index is -1.38. The molecule has 0 saturated heterocycles. The van der Waals surface area contributed by atoms with Gasteiger partial charge in [0.15, 0.2) is 0 Å². The van der Waals surface area contributed by atoms with E-state index in [2.05, 4.69) is 28.6 Å². The number of aliphatic carboxylic acids is 1. The molecule has 13 nitrogen and oxygen atoms in total. The monoisotopic (exact) mass is 494 g/mol. The lowest BCUT2D eigenvalue weighted by molar-refractivity contribution is -0.142. The summed E-state index contributed by atoms with van der Waals surface area (Å²) in [6.45, 7) is 0. The van der Waals surface area contributed by atoms with Crippen LogP contribution in [0, 0.1) is 0 Å². The summed E-state index contributed by atoms with van der Waals surface area (Å²) in [5, 5.41) is 16.3. The van der Waals surface area contributed by atoms with E-state index in [0.29, 0.717) is 5.75 Å². The standard InChI is InChI=1S/C17H30N6O7S2/c1-32-5-4-9(15(27)22-10(17(29)30)2-3-12(19)24)21-16(28)11(7-31)23-14(26)8(18)6-13(20)25/h8-11,31H,2-7,18H2,1H3,(H2,19,24)(H2,20,25)(H,21,28)(H,22,27)(H,23,26)(H,29,30). The van der Waals surface area contributed by atoms with Gasteiger partial charge in [0.25, 0.3) is 0 Å². The maximum Gasteiger partial charge on any atom is 0.326 e. The average molecular weight is 495 g/mol. The Bertz CT molecular complexity index is 709. The van der Waals surface area contributed by atoms with Crippen molar-refractivity contribution in [2.75, 3.05) is 17.8 Å². The van der Waals surface area contributed by atoms with E-state index >= 15 is 0 Å². The van der Waals surface area contributed by atoms with Gasteiger partial charge in [-0.15, -0.1) is 0 Å². The van der Waals surface area contributed by atoms with Gasteiger partial charge < -0.3 is 38.3 Å². The highest BCUT2D eigenvalue weighted by molar-refractivity contribution is 7.98. The summed E-state index contributed by atoms with van der Waals surface area (Å²) in [4.78, 5) is 70.4. The molecule has 0 aliphatic carbocycles. The van der Waals surface area contributed by atoms with Crippen LogP contribution >= 0.6 is 24.4 Å². The number of hydrogen-bond donors (Lipinski definition) is 8. The number of carbonyl (C=O) groups excluding carboxylic acids is 5. The highest BCUT2D eigenvalue weighted by atomic mass is 32.2. The molecule has 0 saturated carbocycles. The first-order valence-corrected chi connectivity index (χ1v) is 11.5. The minimum Gasteiger partial charge on any atom is -0.480 e. The van der Waals surface area contributed by atoms with Crippen LogP contribution in [0.15, 0.2) is 0 Å². The van der Waals surface area contributed by atoms with Crippen molar-refractivity contribution in [3.8, 4) is 0 Å². The molecular formula is C17H30N6O7S2. The molecule has 4 unspecified atom stereocenters. The molecule has 32 heavy (non-hydrogen) atoms. The molecule has 0 aliphatic rings. The van der Waals surface area contributed by atoms with Gasteiger partial charge in [-0.2, -0.15) is 24.4 Å². The first-order valence-electron chi connectivity index (χ1n) is 9.48. The molecular weight excluding hydrogens is 464 g/mol. The molecule has 0 fully saturated rings. The number of hydrogen-bond acceptors (Lipinski definition) is 9. The number of primary amides is 2. The van der Waals surface area contributed by atoms with Crippen molar-refractivity contribution in [1.82, 2.24) is 16.0 Å². The number of nitrogens with one attached hydrogen (secondary N) is 3. The first kappa shape index (κ1) is 29.5. The van der Waals surface area contributed by atoms with Crippen LogP contribution in [0.25, 0.3) is 0 Å². The largest absolute Gasteiger partial charge is 0.480 e. The van der Waals surface area contributed by atoms with Gasteiger partial charge in [0.05, 0.1) is 12.5 Å². The molecule has 0 aromatic carbocycles. The second-order valence-electron chi connectivity index (χ2n) is 6.77. The summed E-state index contributed by atoms with van der Waals surface area (Å²) in [5.74, 6) is -4.91. The Hall–Kier alpha value is -2.52. The molecule has 0 radical (unpaired) electrons. The van der Waals surface area contributed by atoms with Crippen LogP contribution < -0.4 is 33.2 Å². The van der Waals surface area contributed by atoms with Crippen molar-refractivity contribution in [3.05, 3.63) is 0 Å². The number of carbonyl (C=O) groups is 6. The third kappa shape index (κ3) is 11.8. The van der Waals surface area contributed by atoms with Crippen molar-refractivity contribution in [2.24, 2.45) is 17.2 Å². The second kappa shape index (κ2) is 15.3. The van der Waals surface area contributed by atoms with Crippen LogP contribution in [-0.2, 0) is 28.8 Å². The number of nitrogens with two attached hydrogens (primary N) is 3. The van der Waals surface area contributed by atoms with Gasteiger partial charge in [0.1, 0.15) is 18.1 Å². The predicted molar refractivity (Wildman–Crippen MR) is 120 cm³/mol. The summed E-state index contributed by atoms with van der Waals surface area (Å²) < 4.78 is 0. The average Bonchev–Trinajstić information content (AvgIpc) is 2.70. The summed E-state index contributed by atoms with van der Waals surface area (Å²) >= 11 is 5.40. The van der Waals surface area contributed by atoms with E-state index in [1.165, 1.54) is 11.8 Å². The molecule has 15 heteroatoms. The van der Waals surface area contributed by atoms with E-state index in [9.17, 15) is 33.9 Å². The lowest BCUT2D eigenvalue weighted by Crippen LogP contribution is -2.58. The third-order valence-electron chi connectivity index (χ3n) is 4.11. The van der Waals surface area contributed by atoms with Gasteiger partial charge in [0, 0.05) is 12.2 Å². The van der Waals surface area contributed by atoms with Gasteiger partial charge in [-0.25, -0.2) is 4.79 Å². The molecule has 0 bridgehead atoms. The van der Waals surface area contributed by atoms with E-state index in [4.69, 9.17) is 17.2 Å². The van der Waals surface area contributed by atoms with E-state index in [-0.39, 0.29) is 25.0 Å². The van der Waals surface area contributed by atoms with Gasteiger partial charge in [-0.1, -0.05) is 0 Å². The smallest absolute Gasteiger partial charge is 0.326 e. The van der Waals surface area contributed by atoms with Crippen molar-refractivity contribution >= 4 is 59.9 Å². The second-order valence-corrected chi connectivity index (χ2v) is 8.12. The summed E-state index contributed by atoms with van der Waals surface area (Å²) in [6.07, 6.45) is 1.05. The fourth-order valence-corrected chi connectivity index (χ4v) is 3.10. The van der Waals surface area contributed by atoms with Crippen LogP contribution in [0.1, 0.15) is 25.7 Å². The molecule has 0 aromatic heterocycles. The van der Waals surface area contributed by atoms with Crippen LogP contribution in [-0.4, -0.2) is 82.5 Å². The van der Waals surface area contributed by atoms with Gasteiger partial charge in [0.2, 0.25) is 29.5 Å². The van der Waals surface area contributed by atoms with Crippen LogP contribution in [0.5, 0.6) is 0 Å². The molecule has 0 spiro atoms. The number of rotatable bonds is 16. The summed E-state index contributed by atoms with van der Waals surface area (Å²) in [6, 6.07) is -4.95. The number of carboxylic acids is 1. The summed E-state index contributed by atoms with van der Waals surface area (Å²) in [7, 11) is 0. The topological polar surface area (TPSA) is 237 Å². The zero-order chi connectivity index (χ0) is 24.8. The van der Waals surface area contributed by atoms with E-state index in [1.807, 2.05) is 0 Å². The predicted octanol–water partition coefficient (Wildman–Crippen LogP) is -3.32. The van der Waals surface area contributed by atoms with Gasteiger partial charge >= 0.3 is 5.97 Å². The molecule has 5 amide bonds. The van der Waals surface area contributed by atoms with E-state index in [0.717, 1.165) is 0 Å². The fraction of sp³-hybridized carbons (Fsp3) is 0.647. The number of amides is 5. The quantitative estimate of drug-likeness (QED) is 0.1000. The highest BCUT2D eigenvalue weighted by Gasteiger charge is 2.30. The van der Waals surface area contributed by atoms with Gasteiger partial charge in [-0.05, 0) is 24.9 Å². The number of carboxylic acid groups (broad SMARTS) is 1. The van der Waals surface area contributed by atoms with Crippen LogP contribution in [0.3, 0.4) is 0 Å². The van der Waals surface area contributed by atoms with E-state index < -0.39 is 66.1 Å². The SMILES string of the molecule is CSCCC(NC(=O)C(CS)NC(=O)C(N)CC(N)=O)C(=O)NC(CCC(N)=O)C(=O)O. The summed E-state index contributed by atoms with van der Waals surface area (Å²) in [5.41, 5.74) is 15.6. The van der Waals surface area contributed by atoms with Crippen LogP contribution in [0.4, 0.5) is 0 Å². The van der Waals surface area contributed by atoms with Gasteiger partial charge in [-0.3, -0.25) is 24.0 Å². The minimum absolute atomic E-state index is 0.145. The maximum absolute atomic E-state index is 12.6. The normalized spacial score (nSPS) is 14.3. The Morgan fingerprint density at radius 3 is 1.88 bits per heavy atom. The lowest BCUT2D eigenvalue weighted by atomic mass is 10.1. The zero-order valence-corrected chi connectivity index (χ0v) is 19.2.